The molecule has 0 amide bonds. The average Bonchev–Trinajstić information content (AvgIpc) is 3.40. The summed E-state index contributed by atoms with van der Waals surface area (Å²) in [5, 5.41) is 17.1. The second-order valence-corrected chi connectivity index (χ2v) is 8.69. The first-order chi connectivity index (χ1) is 12.7. The van der Waals surface area contributed by atoms with E-state index in [1.54, 1.807) is 40.7 Å². The van der Waals surface area contributed by atoms with Crippen LogP contribution in [-0.2, 0) is 12.3 Å². The lowest BCUT2D eigenvalue weighted by Gasteiger charge is -2.10. The Morgan fingerprint density at radius 3 is 2.88 bits per heavy atom. The molecule has 0 fully saturated rings. The highest BCUT2D eigenvalue weighted by molar-refractivity contribution is 7.98. The number of furan rings is 1. The lowest BCUT2D eigenvalue weighted by atomic mass is 10.2. The highest BCUT2D eigenvalue weighted by atomic mass is 32.2. The zero-order chi connectivity index (χ0) is 17.9. The lowest BCUT2D eigenvalue weighted by molar-refractivity contribution is 0.475. The molecular weight excluding hydrogens is 384 g/mol. The van der Waals surface area contributed by atoms with Gasteiger partial charge in [0, 0.05) is 28.0 Å². The number of thiophene rings is 1. The minimum absolute atomic E-state index is 0.302. The summed E-state index contributed by atoms with van der Waals surface area (Å²) in [5.74, 6) is 2.95. The van der Waals surface area contributed by atoms with Crippen LogP contribution in [0.4, 0.5) is 0 Å². The van der Waals surface area contributed by atoms with Crippen LogP contribution in [0.1, 0.15) is 37.0 Å². The first-order valence-corrected chi connectivity index (χ1v) is 11.1. The van der Waals surface area contributed by atoms with E-state index in [1.807, 2.05) is 12.1 Å². The molecule has 0 radical (unpaired) electrons. The maximum absolute atomic E-state index is 5.51. The van der Waals surface area contributed by atoms with Gasteiger partial charge in [-0.2, -0.15) is 11.3 Å². The van der Waals surface area contributed by atoms with Gasteiger partial charge in [-0.05, 0) is 23.6 Å². The molecule has 4 rings (SSSR count). The Kier molecular flexibility index (Phi) is 5.23. The number of rotatable bonds is 7. The molecule has 134 valence electrons. The third-order valence-corrected chi connectivity index (χ3v) is 6.45. The summed E-state index contributed by atoms with van der Waals surface area (Å²) in [6.45, 7) is 4.91. The van der Waals surface area contributed by atoms with Crippen LogP contribution in [0, 0.1) is 0 Å². The van der Waals surface area contributed by atoms with Crippen molar-refractivity contribution in [2.45, 2.75) is 37.2 Å². The SMILES string of the molecule is CC(C)c1nnc(SCc2csc(-c3ccsc3)n2)n1Cc1ccco1. The van der Waals surface area contributed by atoms with E-state index in [4.69, 9.17) is 9.40 Å². The molecule has 0 bridgehead atoms. The lowest BCUT2D eigenvalue weighted by Crippen LogP contribution is -2.07. The fraction of sp³-hybridized carbons (Fsp3) is 0.278. The minimum Gasteiger partial charge on any atom is -0.467 e. The van der Waals surface area contributed by atoms with Crippen molar-refractivity contribution in [3.8, 4) is 10.6 Å². The molecule has 0 saturated heterocycles. The molecule has 0 atom stereocenters. The molecule has 0 saturated carbocycles. The predicted octanol–water partition coefficient (Wildman–Crippen LogP) is 5.52. The van der Waals surface area contributed by atoms with Gasteiger partial charge >= 0.3 is 0 Å². The Balaban J connectivity index is 1.51. The molecule has 0 aliphatic heterocycles. The standard InChI is InChI=1S/C18H18N4OS3/c1-12(2)16-20-21-18(22(16)8-15-4-3-6-23-15)26-11-14-10-25-17(19-14)13-5-7-24-9-13/h3-7,9-10,12H,8,11H2,1-2H3. The summed E-state index contributed by atoms with van der Waals surface area (Å²) < 4.78 is 7.65. The third-order valence-electron chi connectivity index (χ3n) is 3.82. The van der Waals surface area contributed by atoms with E-state index >= 15 is 0 Å². The molecule has 0 unspecified atom stereocenters. The van der Waals surface area contributed by atoms with Crippen molar-refractivity contribution >= 4 is 34.4 Å². The maximum Gasteiger partial charge on any atom is 0.192 e. The first-order valence-electron chi connectivity index (χ1n) is 8.26. The molecule has 0 aromatic carbocycles. The molecule has 4 heterocycles. The van der Waals surface area contributed by atoms with Crippen LogP contribution in [0.3, 0.4) is 0 Å². The van der Waals surface area contributed by atoms with Crippen LogP contribution < -0.4 is 0 Å². The molecule has 0 aliphatic carbocycles. The molecule has 4 aromatic rings. The second kappa shape index (κ2) is 7.77. The molecule has 0 aliphatic rings. The second-order valence-electron chi connectivity index (χ2n) is 6.11. The topological polar surface area (TPSA) is 56.7 Å². The van der Waals surface area contributed by atoms with Crippen molar-refractivity contribution < 1.29 is 4.42 Å². The number of hydrogen-bond acceptors (Lipinski definition) is 7. The Morgan fingerprint density at radius 1 is 1.23 bits per heavy atom. The van der Waals surface area contributed by atoms with Gasteiger partial charge in [-0.15, -0.1) is 21.5 Å². The van der Waals surface area contributed by atoms with Gasteiger partial charge in [-0.25, -0.2) is 4.98 Å². The number of thioether (sulfide) groups is 1. The Morgan fingerprint density at radius 2 is 2.15 bits per heavy atom. The van der Waals surface area contributed by atoms with Gasteiger partial charge in [-0.3, -0.25) is 4.57 Å². The Bertz CT molecular complexity index is 955. The van der Waals surface area contributed by atoms with Crippen LogP contribution in [0.5, 0.6) is 0 Å². The van der Waals surface area contributed by atoms with E-state index in [2.05, 4.69) is 50.8 Å². The van der Waals surface area contributed by atoms with Crippen molar-refractivity contribution in [3.63, 3.8) is 0 Å². The van der Waals surface area contributed by atoms with Gasteiger partial charge in [-0.1, -0.05) is 25.6 Å². The molecule has 4 aromatic heterocycles. The summed E-state index contributed by atoms with van der Waals surface area (Å²) in [6, 6.07) is 5.99. The van der Waals surface area contributed by atoms with Crippen LogP contribution >= 0.6 is 34.4 Å². The zero-order valence-electron chi connectivity index (χ0n) is 14.5. The van der Waals surface area contributed by atoms with Crippen LogP contribution in [0.15, 0.2) is 50.2 Å². The van der Waals surface area contributed by atoms with Gasteiger partial charge in [0.05, 0.1) is 18.5 Å². The van der Waals surface area contributed by atoms with Crippen LogP contribution in [0.2, 0.25) is 0 Å². The molecular formula is C18H18N4OS3. The first kappa shape index (κ1) is 17.5. The van der Waals surface area contributed by atoms with Crippen LogP contribution in [0.25, 0.3) is 10.6 Å². The van der Waals surface area contributed by atoms with E-state index in [0.29, 0.717) is 12.5 Å². The molecule has 5 nitrogen and oxygen atoms in total. The van der Waals surface area contributed by atoms with Crippen molar-refractivity contribution in [1.82, 2.24) is 19.7 Å². The summed E-state index contributed by atoms with van der Waals surface area (Å²) in [6.07, 6.45) is 1.70. The van der Waals surface area contributed by atoms with Crippen molar-refractivity contribution in [3.05, 3.63) is 57.9 Å². The van der Waals surface area contributed by atoms with Gasteiger partial charge in [0.2, 0.25) is 0 Å². The van der Waals surface area contributed by atoms with E-state index in [0.717, 1.165) is 33.2 Å². The Labute approximate surface area is 164 Å². The van der Waals surface area contributed by atoms with Crippen molar-refractivity contribution in [1.29, 1.82) is 0 Å². The van der Waals surface area contributed by atoms with E-state index < -0.39 is 0 Å². The van der Waals surface area contributed by atoms with Crippen LogP contribution in [-0.4, -0.2) is 19.7 Å². The summed E-state index contributed by atoms with van der Waals surface area (Å²) in [5.41, 5.74) is 2.26. The summed E-state index contributed by atoms with van der Waals surface area (Å²) >= 11 is 5.04. The number of thiazole rings is 1. The van der Waals surface area contributed by atoms with E-state index in [-0.39, 0.29) is 0 Å². The molecule has 0 spiro atoms. The normalized spacial score (nSPS) is 11.5. The largest absolute Gasteiger partial charge is 0.467 e. The van der Waals surface area contributed by atoms with Gasteiger partial charge in [0.15, 0.2) is 5.16 Å². The van der Waals surface area contributed by atoms with Crippen molar-refractivity contribution in [2.75, 3.05) is 0 Å². The summed E-state index contributed by atoms with van der Waals surface area (Å²) in [4.78, 5) is 4.74. The molecule has 26 heavy (non-hydrogen) atoms. The third kappa shape index (κ3) is 3.77. The van der Waals surface area contributed by atoms with Gasteiger partial charge < -0.3 is 4.42 Å². The fourth-order valence-electron chi connectivity index (χ4n) is 2.57. The predicted molar refractivity (Wildman–Crippen MR) is 107 cm³/mol. The number of hydrogen-bond donors (Lipinski definition) is 0. The number of aromatic nitrogens is 4. The smallest absolute Gasteiger partial charge is 0.192 e. The zero-order valence-corrected chi connectivity index (χ0v) is 16.9. The quantitative estimate of drug-likeness (QED) is 0.381. The average molecular weight is 403 g/mol. The monoisotopic (exact) mass is 402 g/mol. The fourth-order valence-corrected chi connectivity index (χ4v) is 5.05. The molecule has 8 heteroatoms. The highest BCUT2D eigenvalue weighted by Crippen LogP contribution is 2.29. The highest BCUT2D eigenvalue weighted by Gasteiger charge is 2.17. The molecule has 0 N–H and O–H groups in total. The maximum atomic E-state index is 5.51. The van der Waals surface area contributed by atoms with Gasteiger partial charge in [0.25, 0.3) is 0 Å². The Hall–Kier alpha value is -1.90. The van der Waals surface area contributed by atoms with E-state index in [9.17, 15) is 0 Å². The van der Waals surface area contributed by atoms with Gasteiger partial charge in [0.1, 0.15) is 16.6 Å². The van der Waals surface area contributed by atoms with E-state index in [1.165, 1.54) is 5.56 Å². The summed E-state index contributed by atoms with van der Waals surface area (Å²) in [7, 11) is 0. The number of nitrogens with zero attached hydrogens (tertiary/aromatic N) is 4. The van der Waals surface area contributed by atoms with Crippen molar-refractivity contribution in [2.24, 2.45) is 0 Å². The minimum atomic E-state index is 0.302.